The van der Waals surface area contributed by atoms with Crippen LogP contribution in [-0.4, -0.2) is 18.0 Å². The number of hydrogen-bond acceptors (Lipinski definition) is 4. The Morgan fingerprint density at radius 3 is 2.65 bits per heavy atom. The predicted octanol–water partition coefficient (Wildman–Crippen LogP) is 3.18. The van der Waals surface area contributed by atoms with E-state index < -0.39 is 0 Å². The van der Waals surface area contributed by atoms with Crippen LogP contribution < -0.4 is 9.47 Å². The summed E-state index contributed by atoms with van der Waals surface area (Å²) in [4.78, 5) is 10.8. The van der Waals surface area contributed by atoms with Crippen LogP contribution in [0.25, 0.3) is 0 Å². The van der Waals surface area contributed by atoms with E-state index in [1.807, 2.05) is 13.0 Å². The molecule has 0 aliphatic carbocycles. The number of hydrogen-bond donors (Lipinski definition) is 1. The van der Waals surface area contributed by atoms with Crippen LogP contribution >= 0.6 is 0 Å². The van der Waals surface area contributed by atoms with Crippen molar-refractivity contribution in [3.8, 4) is 17.2 Å². The van der Waals surface area contributed by atoms with Crippen LogP contribution in [0.1, 0.15) is 22.8 Å². The van der Waals surface area contributed by atoms with E-state index in [9.17, 15) is 9.90 Å². The summed E-state index contributed by atoms with van der Waals surface area (Å²) in [5, 5.41) is 9.40. The van der Waals surface area contributed by atoms with Crippen molar-refractivity contribution in [3.63, 3.8) is 0 Å². The first-order valence-electron chi connectivity index (χ1n) is 6.35. The molecule has 0 bridgehead atoms. The minimum Gasteiger partial charge on any atom is -0.508 e. The molecule has 4 heteroatoms. The highest BCUT2D eigenvalue weighted by Crippen LogP contribution is 2.29. The van der Waals surface area contributed by atoms with Gasteiger partial charge in [-0.2, -0.15) is 0 Å². The van der Waals surface area contributed by atoms with Gasteiger partial charge in [0.15, 0.2) is 11.5 Å². The molecule has 0 radical (unpaired) electrons. The lowest BCUT2D eigenvalue weighted by Gasteiger charge is -2.12. The Kier molecular flexibility index (Phi) is 4.60. The third-order valence-corrected chi connectivity index (χ3v) is 2.71. The maximum Gasteiger partial charge on any atom is 0.161 e. The van der Waals surface area contributed by atoms with Gasteiger partial charge in [-0.3, -0.25) is 4.79 Å². The van der Waals surface area contributed by atoms with E-state index in [1.54, 1.807) is 36.4 Å². The molecule has 0 aromatic heterocycles. The quantitative estimate of drug-likeness (QED) is 0.820. The average molecular weight is 272 g/mol. The first-order chi connectivity index (χ1) is 9.72. The topological polar surface area (TPSA) is 55.8 Å². The highest BCUT2D eigenvalue weighted by Gasteiger charge is 2.07. The van der Waals surface area contributed by atoms with Crippen molar-refractivity contribution in [2.75, 3.05) is 6.61 Å². The zero-order valence-electron chi connectivity index (χ0n) is 11.2. The zero-order chi connectivity index (χ0) is 14.4. The Bertz CT molecular complexity index is 593. The molecule has 104 valence electrons. The van der Waals surface area contributed by atoms with E-state index in [1.165, 1.54) is 0 Å². The first-order valence-corrected chi connectivity index (χ1v) is 6.35. The third-order valence-electron chi connectivity index (χ3n) is 2.71. The molecule has 0 aliphatic rings. The molecule has 0 unspecified atom stereocenters. The molecule has 2 aromatic carbocycles. The molecule has 0 aliphatic heterocycles. The number of phenolic OH excluding ortho intramolecular Hbond substituents is 1. The van der Waals surface area contributed by atoms with Gasteiger partial charge in [0.1, 0.15) is 18.6 Å². The second kappa shape index (κ2) is 6.61. The van der Waals surface area contributed by atoms with Gasteiger partial charge in [0, 0.05) is 5.56 Å². The minimum atomic E-state index is 0.201. The van der Waals surface area contributed by atoms with Crippen LogP contribution in [0, 0.1) is 0 Å². The Morgan fingerprint density at radius 2 is 1.95 bits per heavy atom. The van der Waals surface area contributed by atoms with Gasteiger partial charge in [0.2, 0.25) is 0 Å². The monoisotopic (exact) mass is 272 g/mol. The van der Waals surface area contributed by atoms with Gasteiger partial charge in [-0.15, -0.1) is 0 Å². The number of aromatic hydroxyl groups is 1. The number of ether oxygens (including phenoxy) is 2. The van der Waals surface area contributed by atoms with E-state index in [0.717, 1.165) is 11.8 Å². The molecule has 2 rings (SSSR count). The average Bonchev–Trinajstić information content (AvgIpc) is 2.46. The smallest absolute Gasteiger partial charge is 0.161 e. The summed E-state index contributed by atoms with van der Waals surface area (Å²) in [7, 11) is 0. The van der Waals surface area contributed by atoms with E-state index in [0.29, 0.717) is 30.3 Å². The molecule has 0 saturated carbocycles. The Labute approximate surface area is 117 Å². The first kappa shape index (κ1) is 13.9. The van der Waals surface area contributed by atoms with Gasteiger partial charge >= 0.3 is 0 Å². The zero-order valence-corrected chi connectivity index (χ0v) is 11.2. The largest absolute Gasteiger partial charge is 0.508 e. The summed E-state index contributed by atoms with van der Waals surface area (Å²) in [6.45, 7) is 2.67. The lowest BCUT2D eigenvalue weighted by molar-refractivity contribution is 0.112. The van der Waals surface area contributed by atoms with Crippen LogP contribution in [-0.2, 0) is 6.61 Å². The molecular formula is C16H16O4. The van der Waals surface area contributed by atoms with Crippen LogP contribution in [0.4, 0.5) is 0 Å². The lowest BCUT2D eigenvalue weighted by Crippen LogP contribution is -2.00. The van der Waals surface area contributed by atoms with Crippen LogP contribution in [0.2, 0.25) is 0 Å². The van der Waals surface area contributed by atoms with Gasteiger partial charge in [-0.05, 0) is 42.8 Å². The van der Waals surface area contributed by atoms with Crippen LogP contribution in [0.3, 0.4) is 0 Å². The molecule has 4 nitrogen and oxygen atoms in total. The summed E-state index contributed by atoms with van der Waals surface area (Å²) in [6.07, 6.45) is 0.765. The fourth-order valence-corrected chi connectivity index (χ4v) is 1.79. The summed E-state index contributed by atoms with van der Waals surface area (Å²) in [6, 6.07) is 11.9. The van der Waals surface area contributed by atoms with Gasteiger partial charge in [0.25, 0.3) is 0 Å². The summed E-state index contributed by atoms with van der Waals surface area (Å²) >= 11 is 0. The molecule has 2 aromatic rings. The van der Waals surface area contributed by atoms with Crippen molar-refractivity contribution in [1.82, 2.24) is 0 Å². The molecule has 1 N–H and O–H groups in total. The van der Waals surface area contributed by atoms with E-state index in [4.69, 9.17) is 9.47 Å². The van der Waals surface area contributed by atoms with Crippen molar-refractivity contribution >= 4 is 6.29 Å². The molecule has 20 heavy (non-hydrogen) atoms. The van der Waals surface area contributed by atoms with Crippen LogP contribution in [0.15, 0.2) is 42.5 Å². The maximum absolute atomic E-state index is 10.8. The molecule has 0 fully saturated rings. The van der Waals surface area contributed by atoms with Gasteiger partial charge < -0.3 is 14.6 Å². The second-order valence-electron chi connectivity index (χ2n) is 4.22. The van der Waals surface area contributed by atoms with Crippen molar-refractivity contribution in [3.05, 3.63) is 53.6 Å². The maximum atomic E-state index is 10.8. The van der Waals surface area contributed by atoms with Gasteiger partial charge in [0.05, 0.1) is 6.61 Å². The van der Waals surface area contributed by atoms with Gasteiger partial charge in [-0.25, -0.2) is 0 Å². The fraction of sp³-hybridized carbons (Fsp3) is 0.188. The Balaban J connectivity index is 2.14. The van der Waals surface area contributed by atoms with Crippen LogP contribution in [0.5, 0.6) is 17.2 Å². The number of carbonyl (C=O) groups is 1. The summed E-state index contributed by atoms with van der Waals surface area (Å²) in [5.74, 6) is 1.31. The number of benzene rings is 2. The van der Waals surface area contributed by atoms with Crippen molar-refractivity contribution in [1.29, 1.82) is 0 Å². The van der Waals surface area contributed by atoms with Gasteiger partial charge in [-0.1, -0.05) is 12.1 Å². The fourth-order valence-electron chi connectivity index (χ4n) is 1.79. The number of aldehydes is 1. The highest BCUT2D eigenvalue weighted by atomic mass is 16.5. The summed E-state index contributed by atoms with van der Waals surface area (Å²) in [5.41, 5.74) is 1.39. The standard InChI is InChI=1S/C16H16O4/c1-2-19-16-9-12(10-17)6-7-15(16)20-11-13-4-3-5-14(18)8-13/h3-10,18H,2,11H2,1H3. The van der Waals surface area contributed by atoms with E-state index in [2.05, 4.69) is 0 Å². The molecule has 0 spiro atoms. The van der Waals surface area contributed by atoms with Crippen molar-refractivity contribution < 1.29 is 19.4 Å². The van der Waals surface area contributed by atoms with E-state index >= 15 is 0 Å². The highest BCUT2D eigenvalue weighted by molar-refractivity contribution is 5.76. The molecule has 0 heterocycles. The lowest BCUT2D eigenvalue weighted by atomic mass is 10.2. The van der Waals surface area contributed by atoms with Crippen molar-refractivity contribution in [2.24, 2.45) is 0 Å². The normalized spacial score (nSPS) is 10.1. The Hall–Kier alpha value is -2.49. The molecule has 0 amide bonds. The predicted molar refractivity (Wildman–Crippen MR) is 75.4 cm³/mol. The SMILES string of the molecule is CCOc1cc(C=O)ccc1OCc1cccc(O)c1. The number of phenols is 1. The second-order valence-corrected chi connectivity index (χ2v) is 4.22. The third kappa shape index (κ3) is 3.51. The Morgan fingerprint density at radius 1 is 1.10 bits per heavy atom. The number of carbonyl (C=O) groups excluding carboxylic acids is 1. The number of rotatable bonds is 6. The summed E-state index contributed by atoms with van der Waals surface area (Å²) < 4.78 is 11.1. The molecule has 0 saturated heterocycles. The molecular weight excluding hydrogens is 256 g/mol. The molecule has 0 atom stereocenters. The minimum absolute atomic E-state index is 0.201. The van der Waals surface area contributed by atoms with Crippen molar-refractivity contribution in [2.45, 2.75) is 13.5 Å². The van der Waals surface area contributed by atoms with E-state index in [-0.39, 0.29) is 5.75 Å².